The van der Waals surface area contributed by atoms with Gasteiger partial charge < -0.3 is 10.2 Å². The molecule has 0 aliphatic carbocycles. The molecule has 0 radical (unpaired) electrons. The monoisotopic (exact) mass is 219 g/mol. The van der Waals surface area contributed by atoms with E-state index in [1.165, 1.54) is 0 Å². The van der Waals surface area contributed by atoms with Crippen molar-refractivity contribution in [1.82, 2.24) is 0 Å². The summed E-state index contributed by atoms with van der Waals surface area (Å²) in [5, 5.41) is 25.5. The minimum absolute atomic E-state index is 1.28. The van der Waals surface area contributed by atoms with E-state index in [1.54, 1.807) is 0 Å². The number of benzene rings is 1. The fourth-order valence-electron chi connectivity index (χ4n) is 0.929. The molecule has 0 heterocycles. The third-order valence-electron chi connectivity index (χ3n) is 1.59. The topological polar surface area (TPSA) is 85.7 Å². The van der Waals surface area contributed by atoms with Crippen LogP contribution in [0, 0.1) is 22.8 Å². The lowest BCUT2D eigenvalue weighted by molar-refractivity contribution is 0.0691. The molecule has 0 unspecified atom stereocenters. The van der Waals surface area contributed by atoms with Gasteiger partial charge >= 0.3 is 11.7 Å². The predicted octanol–water partition coefficient (Wildman–Crippen LogP) is 1.99. The van der Waals surface area contributed by atoms with E-state index in [2.05, 4.69) is 4.98 Å². The van der Waals surface area contributed by atoms with E-state index in [4.69, 9.17) is 15.6 Å². The first-order valence-corrected chi connectivity index (χ1v) is 3.39. The Balaban J connectivity index is 3.80. The Morgan fingerprint density at radius 2 is 1.73 bits per heavy atom. The number of nitrogens with zero attached hydrogens (tertiary/aromatic N) is 2. The van der Waals surface area contributed by atoms with Crippen molar-refractivity contribution in [1.29, 1.82) is 5.39 Å². The molecule has 0 saturated carbocycles. The van der Waals surface area contributed by atoms with Crippen molar-refractivity contribution in [3.05, 3.63) is 28.0 Å². The zero-order valence-electron chi connectivity index (χ0n) is 6.83. The average molecular weight is 219 g/mol. The summed E-state index contributed by atoms with van der Waals surface area (Å²) in [5.41, 5.74) is -2.73. The zero-order valence-corrected chi connectivity index (χ0v) is 6.83. The Morgan fingerprint density at radius 1 is 1.20 bits per heavy atom. The van der Waals surface area contributed by atoms with Crippen LogP contribution in [0.15, 0.2) is 0 Å². The smallest absolute Gasteiger partial charge is 0.446 e. The number of rotatable bonds is 1. The molecule has 0 spiro atoms. The molecule has 5 nitrogen and oxygen atoms in total. The normalized spacial score (nSPS) is 9.73. The number of carboxylic acid groups (broad SMARTS) is 1. The maximum absolute atomic E-state index is 12.9. The van der Waals surface area contributed by atoms with Gasteiger partial charge in [0.1, 0.15) is 0 Å². The predicted molar refractivity (Wildman–Crippen MR) is 39.7 cm³/mol. The van der Waals surface area contributed by atoms with E-state index < -0.39 is 40.4 Å². The molecule has 0 aliphatic rings. The second kappa shape index (κ2) is 3.45. The summed E-state index contributed by atoms with van der Waals surface area (Å²) in [6.07, 6.45) is 0. The quantitative estimate of drug-likeness (QED) is 0.558. The zero-order chi connectivity index (χ0) is 11.7. The van der Waals surface area contributed by atoms with Crippen LogP contribution in [0.3, 0.4) is 0 Å². The molecule has 0 atom stereocenters. The van der Waals surface area contributed by atoms with Crippen molar-refractivity contribution in [3.8, 4) is 5.75 Å². The highest BCUT2D eigenvalue weighted by Crippen LogP contribution is 2.37. The minimum atomic E-state index is -2.16. The fourth-order valence-corrected chi connectivity index (χ4v) is 0.929. The van der Waals surface area contributed by atoms with Gasteiger partial charge in [0.05, 0.1) is 0 Å². The van der Waals surface area contributed by atoms with Gasteiger partial charge in [-0.3, -0.25) is 0 Å². The van der Waals surface area contributed by atoms with Crippen LogP contribution in [0.1, 0.15) is 10.4 Å². The second-order valence-corrected chi connectivity index (χ2v) is 2.42. The number of hydrogen-bond acceptors (Lipinski definition) is 3. The molecule has 0 fully saturated rings. The van der Waals surface area contributed by atoms with Gasteiger partial charge in [-0.05, 0) is 0 Å². The summed E-state index contributed by atoms with van der Waals surface area (Å²) in [6, 6.07) is 0. The van der Waals surface area contributed by atoms with Crippen molar-refractivity contribution >= 4 is 11.7 Å². The van der Waals surface area contributed by atoms with Gasteiger partial charge in [-0.1, -0.05) is 0 Å². The first kappa shape index (κ1) is 10.8. The molecule has 0 bridgehead atoms. The number of halogens is 3. The number of phenolic OH excluding ortho intramolecular Hbond substituents is 1. The molecule has 1 aromatic carbocycles. The molecular weight excluding hydrogens is 217 g/mol. The van der Waals surface area contributed by atoms with Gasteiger partial charge in [0.25, 0.3) is 5.75 Å². The summed E-state index contributed by atoms with van der Waals surface area (Å²) in [6.45, 7) is 0. The minimum Gasteiger partial charge on any atom is -0.499 e. The SMILES string of the molecule is N#[N+]c1c(O)c(F)c(F)c(F)c1C(=O)O. The Bertz CT molecular complexity index is 495. The number of aromatic hydroxyl groups is 1. The Morgan fingerprint density at radius 3 is 2.13 bits per heavy atom. The summed E-state index contributed by atoms with van der Waals surface area (Å²) < 4.78 is 38.1. The highest BCUT2D eigenvalue weighted by atomic mass is 19.2. The van der Waals surface area contributed by atoms with Crippen LogP contribution < -0.4 is 0 Å². The van der Waals surface area contributed by atoms with Gasteiger partial charge in [-0.15, -0.1) is 0 Å². The van der Waals surface area contributed by atoms with E-state index in [0.29, 0.717) is 0 Å². The van der Waals surface area contributed by atoms with E-state index >= 15 is 0 Å². The van der Waals surface area contributed by atoms with Crippen LogP contribution in [0.25, 0.3) is 4.98 Å². The van der Waals surface area contributed by atoms with Crippen molar-refractivity contribution in [2.24, 2.45) is 0 Å². The molecular formula is C7H2F3N2O3+. The second-order valence-electron chi connectivity index (χ2n) is 2.42. The largest absolute Gasteiger partial charge is 0.499 e. The number of hydrogen-bond donors (Lipinski definition) is 2. The Kier molecular flexibility index (Phi) is 2.48. The highest BCUT2D eigenvalue weighted by molar-refractivity contribution is 5.96. The number of carbonyl (C=O) groups is 1. The molecule has 2 N–H and O–H groups in total. The lowest BCUT2D eigenvalue weighted by Gasteiger charge is -1.99. The summed E-state index contributed by atoms with van der Waals surface area (Å²) in [7, 11) is 0. The number of carboxylic acids is 1. The lowest BCUT2D eigenvalue weighted by atomic mass is 10.1. The molecule has 0 aromatic heterocycles. The molecule has 0 aliphatic heterocycles. The highest BCUT2D eigenvalue weighted by Gasteiger charge is 2.36. The Hall–Kier alpha value is -2.30. The third kappa shape index (κ3) is 1.43. The number of diazo groups is 1. The van der Waals surface area contributed by atoms with Gasteiger partial charge in [-0.25, -0.2) is 13.6 Å². The van der Waals surface area contributed by atoms with Crippen LogP contribution in [0.4, 0.5) is 18.9 Å². The fraction of sp³-hybridized carbons (Fsp3) is 0. The summed E-state index contributed by atoms with van der Waals surface area (Å²) in [4.78, 5) is 12.6. The molecule has 78 valence electrons. The van der Waals surface area contributed by atoms with Gasteiger partial charge in [0.2, 0.25) is 11.2 Å². The molecule has 1 rings (SSSR count). The maximum atomic E-state index is 12.9. The Labute approximate surface area is 80.0 Å². The van der Waals surface area contributed by atoms with Crippen LogP contribution in [0.5, 0.6) is 5.75 Å². The van der Waals surface area contributed by atoms with Crippen molar-refractivity contribution in [3.63, 3.8) is 0 Å². The van der Waals surface area contributed by atoms with Crippen LogP contribution >= 0.6 is 0 Å². The van der Waals surface area contributed by atoms with Crippen molar-refractivity contribution in [2.45, 2.75) is 0 Å². The van der Waals surface area contributed by atoms with E-state index in [9.17, 15) is 18.0 Å². The number of phenols is 1. The van der Waals surface area contributed by atoms with Gasteiger partial charge in [0.15, 0.2) is 22.2 Å². The maximum Gasteiger partial charge on any atom is 0.446 e. The van der Waals surface area contributed by atoms with Gasteiger partial charge in [0, 0.05) is 0 Å². The molecule has 8 heteroatoms. The standard InChI is InChI=1S/C7HF3N2O3/c8-2-1(7(14)15)5(12-11)6(13)4(10)3(2)9/h(H-,13,14,15)/p+1. The van der Waals surface area contributed by atoms with Crippen LogP contribution in [-0.2, 0) is 0 Å². The molecule has 0 amide bonds. The first-order valence-electron chi connectivity index (χ1n) is 3.39. The summed E-state index contributed by atoms with van der Waals surface area (Å²) in [5.74, 6) is -9.81. The van der Waals surface area contributed by atoms with Gasteiger partial charge in [-0.2, -0.15) is 4.39 Å². The molecule has 0 saturated heterocycles. The lowest BCUT2D eigenvalue weighted by Crippen LogP contribution is -2.05. The van der Waals surface area contributed by atoms with Crippen LogP contribution in [0.2, 0.25) is 0 Å². The number of aromatic carboxylic acids is 1. The van der Waals surface area contributed by atoms with E-state index in [0.717, 1.165) is 0 Å². The molecule has 15 heavy (non-hydrogen) atoms. The third-order valence-corrected chi connectivity index (χ3v) is 1.59. The average Bonchev–Trinajstić information content (AvgIpc) is 2.19. The van der Waals surface area contributed by atoms with E-state index in [1.807, 2.05) is 0 Å². The molecule has 1 aromatic rings. The van der Waals surface area contributed by atoms with Crippen molar-refractivity contribution < 1.29 is 28.2 Å². The van der Waals surface area contributed by atoms with E-state index in [-0.39, 0.29) is 0 Å². The van der Waals surface area contributed by atoms with Crippen molar-refractivity contribution in [2.75, 3.05) is 0 Å². The first-order chi connectivity index (χ1) is 6.91. The summed E-state index contributed by atoms with van der Waals surface area (Å²) >= 11 is 0. The van der Waals surface area contributed by atoms with Crippen LogP contribution in [-0.4, -0.2) is 16.2 Å².